The highest BCUT2D eigenvalue weighted by atomic mass is 32.2. The molecule has 1 saturated heterocycles. The molecule has 7 nitrogen and oxygen atoms in total. The third-order valence-corrected chi connectivity index (χ3v) is 5.50. The Bertz CT molecular complexity index is 637. The summed E-state index contributed by atoms with van der Waals surface area (Å²) in [6.45, 7) is 1.70. The minimum absolute atomic E-state index is 0.121. The molecule has 0 unspecified atom stereocenters. The molecule has 23 heavy (non-hydrogen) atoms. The minimum Gasteiger partial charge on any atom is -0.390 e. The first-order valence-electron chi connectivity index (χ1n) is 7.52. The molecule has 0 saturated carbocycles. The molecule has 1 aliphatic rings. The van der Waals surface area contributed by atoms with Crippen molar-refractivity contribution in [3.05, 3.63) is 29.8 Å². The zero-order chi connectivity index (χ0) is 17.0. The number of aliphatic hydroxyl groups is 1. The molecule has 0 spiro atoms. The largest absolute Gasteiger partial charge is 0.390 e. The number of amides is 1. The average Bonchev–Trinajstić information content (AvgIpc) is 2.48. The number of sulfonamides is 1. The summed E-state index contributed by atoms with van der Waals surface area (Å²) in [5.41, 5.74) is 0.428. The molecular formula is C15H23N3O4S. The number of β-amino-alcohol motifs (C(OH)–C–C–N with tert-alkyl or cyclic N) is 1. The molecule has 128 valence electrons. The van der Waals surface area contributed by atoms with Gasteiger partial charge in [-0.1, -0.05) is 0 Å². The predicted molar refractivity (Wildman–Crippen MR) is 86.7 cm³/mol. The van der Waals surface area contributed by atoms with Crippen molar-refractivity contribution >= 4 is 15.9 Å². The molecule has 1 aromatic carbocycles. The lowest BCUT2D eigenvalue weighted by atomic mass is 10.2. The summed E-state index contributed by atoms with van der Waals surface area (Å²) < 4.78 is 25.7. The van der Waals surface area contributed by atoms with E-state index in [-0.39, 0.29) is 23.9 Å². The zero-order valence-electron chi connectivity index (χ0n) is 13.4. The first kappa shape index (κ1) is 17.9. The van der Waals surface area contributed by atoms with Crippen molar-refractivity contribution in [1.82, 2.24) is 14.5 Å². The maximum Gasteiger partial charge on any atom is 0.251 e. The van der Waals surface area contributed by atoms with E-state index in [0.717, 1.165) is 13.0 Å². The van der Waals surface area contributed by atoms with E-state index in [1.165, 1.54) is 28.6 Å². The Morgan fingerprint density at radius 1 is 1.30 bits per heavy atom. The topological polar surface area (TPSA) is 90.0 Å². The van der Waals surface area contributed by atoms with Gasteiger partial charge in [0.25, 0.3) is 5.91 Å². The summed E-state index contributed by atoms with van der Waals surface area (Å²) in [5, 5.41) is 12.0. The molecule has 2 rings (SSSR count). The van der Waals surface area contributed by atoms with Crippen molar-refractivity contribution in [2.24, 2.45) is 0 Å². The van der Waals surface area contributed by atoms with Gasteiger partial charge in [-0.25, -0.2) is 8.42 Å². The fourth-order valence-electron chi connectivity index (χ4n) is 2.24. The second-order valence-corrected chi connectivity index (χ2v) is 7.85. The Labute approximate surface area is 136 Å². The van der Waals surface area contributed by atoms with Gasteiger partial charge >= 0.3 is 0 Å². The second kappa shape index (κ2) is 7.39. The molecule has 0 aromatic heterocycles. The van der Waals surface area contributed by atoms with Gasteiger partial charge in [-0.3, -0.25) is 4.79 Å². The van der Waals surface area contributed by atoms with Gasteiger partial charge in [0.2, 0.25) is 10.0 Å². The Morgan fingerprint density at radius 2 is 1.91 bits per heavy atom. The van der Waals surface area contributed by atoms with Crippen LogP contribution in [0.2, 0.25) is 0 Å². The first-order chi connectivity index (χ1) is 10.8. The highest BCUT2D eigenvalue weighted by molar-refractivity contribution is 7.89. The Kier molecular flexibility index (Phi) is 5.74. The van der Waals surface area contributed by atoms with Crippen molar-refractivity contribution in [3.8, 4) is 0 Å². The molecular weight excluding hydrogens is 318 g/mol. The van der Waals surface area contributed by atoms with Gasteiger partial charge < -0.3 is 15.3 Å². The number of carbonyl (C=O) groups is 1. The van der Waals surface area contributed by atoms with Gasteiger partial charge in [-0.2, -0.15) is 4.31 Å². The maximum atomic E-state index is 12.2. The van der Waals surface area contributed by atoms with Gasteiger partial charge in [0, 0.05) is 25.2 Å². The van der Waals surface area contributed by atoms with E-state index < -0.39 is 16.1 Å². The number of hydrogen-bond acceptors (Lipinski definition) is 5. The lowest BCUT2D eigenvalue weighted by Gasteiger charge is -2.34. The van der Waals surface area contributed by atoms with Crippen LogP contribution in [0.1, 0.15) is 16.8 Å². The highest BCUT2D eigenvalue weighted by Gasteiger charge is 2.35. The molecule has 0 aliphatic carbocycles. The van der Waals surface area contributed by atoms with Crippen LogP contribution in [0.5, 0.6) is 0 Å². The van der Waals surface area contributed by atoms with Crippen molar-refractivity contribution in [1.29, 1.82) is 0 Å². The van der Waals surface area contributed by atoms with Crippen LogP contribution >= 0.6 is 0 Å². The summed E-state index contributed by atoms with van der Waals surface area (Å²) in [6, 6.07) is 5.86. The predicted octanol–water partition coefficient (Wildman–Crippen LogP) is -0.267. The van der Waals surface area contributed by atoms with Crippen LogP contribution < -0.4 is 5.32 Å². The van der Waals surface area contributed by atoms with Gasteiger partial charge in [0.15, 0.2) is 0 Å². The minimum atomic E-state index is -3.57. The number of hydrogen-bond donors (Lipinski definition) is 2. The average molecular weight is 341 g/mol. The number of nitrogens with zero attached hydrogens (tertiary/aromatic N) is 2. The van der Waals surface area contributed by atoms with Crippen molar-refractivity contribution < 1.29 is 18.3 Å². The molecule has 1 fully saturated rings. The van der Waals surface area contributed by atoms with Crippen LogP contribution in [0.3, 0.4) is 0 Å². The zero-order valence-corrected chi connectivity index (χ0v) is 14.2. The maximum absolute atomic E-state index is 12.2. The lowest BCUT2D eigenvalue weighted by Crippen LogP contribution is -2.53. The van der Waals surface area contributed by atoms with Gasteiger partial charge in [-0.15, -0.1) is 0 Å². The molecule has 1 aliphatic heterocycles. The second-order valence-electron chi connectivity index (χ2n) is 5.91. The van der Waals surface area contributed by atoms with Crippen LogP contribution in [-0.2, 0) is 10.0 Å². The highest BCUT2D eigenvalue weighted by Crippen LogP contribution is 2.21. The number of aliphatic hydroxyl groups excluding tert-OH is 1. The van der Waals surface area contributed by atoms with Crippen LogP contribution in [-0.4, -0.2) is 75.0 Å². The summed E-state index contributed by atoms with van der Waals surface area (Å²) >= 11 is 0. The number of rotatable bonds is 7. The summed E-state index contributed by atoms with van der Waals surface area (Å²) in [4.78, 5) is 14.2. The van der Waals surface area contributed by atoms with Crippen LogP contribution in [0.4, 0.5) is 0 Å². The first-order valence-corrected chi connectivity index (χ1v) is 8.96. The van der Waals surface area contributed by atoms with E-state index in [9.17, 15) is 18.3 Å². The fraction of sp³-hybridized carbons (Fsp3) is 0.533. The molecule has 0 radical (unpaired) electrons. The fourth-order valence-corrected chi connectivity index (χ4v) is 3.75. The normalized spacial score (nSPS) is 16.3. The Hall–Kier alpha value is -1.48. The van der Waals surface area contributed by atoms with E-state index in [1.807, 2.05) is 19.0 Å². The Balaban J connectivity index is 1.92. The molecule has 1 aromatic rings. The lowest BCUT2D eigenvalue weighted by molar-refractivity contribution is 0.0548. The van der Waals surface area contributed by atoms with Crippen molar-refractivity contribution in [2.45, 2.75) is 17.4 Å². The third-order valence-electron chi connectivity index (χ3n) is 3.65. The van der Waals surface area contributed by atoms with E-state index in [0.29, 0.717) is 12.1 Å². The molecule has 2 N–H and O–H groups in total. The van der Waals surface area contributed by atoms with E-state index >= 15 is 0 Å². The standard InChI is InChI=1S/C15H23N3O4S/c1-17(2)9-3-8-16-15(20)12-4-6-14(7-5-12)23(21,22)18-10-13(19)11-18/h4-7,13,19H,3,8-11H2,1-2H3,(H,16,20). The summed E-state index contributed by atoms with van der Waals surface area (Å²) in [6.07, 6.45) is 0.264. The molecule has 1 amide bonds. The smallest absolute Gasteiger partial charge is 0.251 e. The SMILES string of the molecule is CN(C)CCCNC(=O)c1ccc(S(=O)(=O)N2CC(O)C2)cc1. The van der Waals surface area contributed by atoms with Crippen molar-refractivity contribution in [2.75, 3.05) is 40.3 Å². The van der Waals surface area contributed by atoms with Crippen LogP contribution in [0.25, 0.3) is 0 Å². The van der Waals surface area contributed by atoms with Gasteiger partial charge in [0.1, 0.15) is 0 Å². The van der Waals surface area contributed by atoms with Gasteiger partial charge in [-0.05, 0) is 51.3 Å². The Morgan fingerprint density at radius 3 is 2.43 bits per heavy atom. The quantitative estimate of drug-likeness (QED) is 0.667. The number of carbonyl (C=O) groups excluding carboxylic acids is 1. The molecule has 0 atom stereocenters. The van der Waals surface area contributed by atoms with Crippen molar-refractivity contribution in [3.63, 3.8) is 0 Å². The number of benzene rings is 1. The third kappa shape index (κ3) is 4.51. The van der Waals surface area contributed by atoms with E-state index in [2.05, 4.69) is 5.32 Å². The monoisotopic (exact) mass is 341 g/mol. The van der Waals surface area contributed by atoms with E-state index in [1.54, 1.807) is 0 Å². The number of nitrogens with one attached hydrogen (secondary N) is 1. The molecule has 1 heterocycles. The summed E-state index contributed by atoms with van der Waals surface area (Å²) in [7, 11) is 0.369. The van der Waals surface area contributed by atoms with Crippen LogP contribution in [0.15, 0.2) is 29.2 Å². The van der Waals surface area contributed by atoms with Gasteiger partial charge in [0.05, 0.1) is 11.0 Å². The molecule has 8 heteroatoms. The molecule has 0 bridgehead atoms. The summed E-state index contributed by atoms with van der Waals surface area (Å²) in [5.74, 6) is -0.216. The van der Waals surface area contributed by atoms with E-state index in [4.69, 9.17) is 0 Å². The van der Waals surface area contributed by atoms with Crippen LogP contribution in [0, 0.1) is 0 Å².